The fraction of sp³-hybridized carbons (Fsp3) is 0.500. The van der Waals surface area contributed by atoms with Gasteiger partial charge in [-0.15, -0.1) is 0 Å². The summed E-state index contributed by atoms with van der Waals surface area (Å²) in [5.41, 5.74) is 0.551. The van der Waals surface area contributed by atoms with Crippen LogP contribution in [0.25, 0.3) is 0 Å². The van der Waals surface area contributed by atoms with Crippen molar-refractivity contribution in [2.24, 2.45) is 0 Å². The van der Waals surface area contributed by atoms with Crippen molar-refractivity contribution in [1.82, 2.24) is 0 Å². The summed E-state index contributed by atoms with van der Waals surface area (Å²) in [5, 5.41) is 0. The van der Waals surface area contributed by atoms with Gasteiger partial charge in [0, 0.05) is 0 Å². The molecule has 0 radical (unpaired) electrons. The largest absolute Gasteiger partial charge is 0.490 e. The molecule has 0 N–H and O–H groups in total. The summed E-state index contributed by atoms with van der Waals surface area (Å²) in [5.74, 6) is -1.48. The van der Waals surface area contributed by atoms with Crippen molar-refractivity contribution in [2.45, 2.75) is 38.7 Å². The first-order valence-corrected chi connectivity index (χ1v) is 7.25. The van der Waals surface area contributed by atoms with Crippen molar-refractivity contribution in [3.8, 4) is 5.75 Å². The van der Waals surface area contributed by atoms with E-state index in [2.05, 4.69) is 0 Å². The van der Waals surface area contributed by atoms with Crippen molar-refractivity contribution in [1.29, 1.82) is 0 Å². The molecular formula is C16H20O5. The van der Waals surface area contributed by atoms with E-state index in [1.807, 2.05) is 0 Å². The molecule has 1 aliphatic carbocycles. The Morgan fingerprint density at radius 3 is 2.00 bits per heavy atom. The Balaban J connectivity index is 2.14. The van der Waals surface area contributed by atoms with Crippen LogP contribution in [0, 0.1) is 0 Å². The van der Waals surface area contributed by atoms with Gasteiger partial charge in [-0.3, -0.25) is 9.59 Å². The summed E-state index contributed by atoms with van der Waals surface area (Å²) in [4.78, 5) is 24.0. The fourth-order valence-electron chi connectivity index (χ4n) is 1.94. The number of carbonyl (C=O) groups excluding carboxylic acids is 2. The Kier molecular flexibility index (Phi) is 5.20. The highest BCUT2D eigenvalue weighted by Crippen LogP contribution is 2.28. The number of hydrogen-bond acceptors (Lipinski definition) is 5. The smallest absolute Gasteiger partial charge is 0.324 e. The van der Waals surface area contributed by atoms with E-state index in [-0.39, 0.29) is 13.2 Å². The van der Waals surface area contributed by atoms with E-state index in [0.29, 0.717) is 11.7 Å². The van der Waals surface area contributed by atoms with Crippen molar-refractivity contribution in [3.05, 3.63) is 29.8 Å². The van der Waals surface area contributed by atoms with Gasteiger partial charge in [0.15, 0.2) is 5.92 Å². The topological polar surface area (TPSA) is 61.8 Å². The highest BCUT2D eigenvalue weighted by atomic mass is 16.6. The normalized spacial score (nSPS) is 13.9. The molecule has 1 aromatic rings. The highest BCUT2D eigenvalue weighted by molar-refractivity contribution is 6.00. The molecule has 1 aromatic carbocycles. The minimum atomic E-state index is -1.04. The molecular weight excluding hydrogens is 272 g/mol. The molecule has 114 valence electrons. The summed E-state index contributed by atoms with van der Waals surface area (Å²) < 4.78 is 15.6. The molecule has 1 aliphatic rings. The second kappa shape index (κ2) is 7.11. The lowest BCUT2D eigenvalue weighted by atomic mass is 9.99. The van der Waals surface area contributed by atoms with Gasteiger partial charge in [0.05, 0.1) is 19.3 Å². The summed E-state index contributed by atoms with van der Waals surface area (Å²) in [7, 11) is 0. The van der Waals surface area contributed by atoms with Crippen molar-refractivity contribution in [3.63, 3.8) is 0 Å². The summed E-state index contributed by atoms with van der Waals surface area (Å²) >= 11 is 0. The van der Waals surface area contributed by atoms with E-state index in [4.69, 9.17) is 14.2 Å². The van der Waals surface area contributed by atoms with Gasteiger partial charge in [-0.1, -0.05) is 12.1 Å². The first kappa shape index (κ1) is 15.4. The lowest BCUT2D eigenvalue weighted by Gasteiger charge is -2.15. The average Bonchev–Trinajstić information content (AvgIpc) is 3.26. The molecule has 0 spiro atoms. The zero-order valence-electron chi connectivity index (χ0n) is 12.3. The molecule has 0 atom stereocenters. The van der Waals surface area contributed by atoms with Crippen LogP contribution in [-0.2, 0) is 19.1 Å². The molecule has 5 nitrogen and oxygen atoms in total. The number of ether oxygens (including phenoxy) is 3. The van der Waals surface area contributed by atoms with E-state index in [9.17, 15) is 9.59 Å². The van der Waals surface area contributed by atoms with Crippen LogP contribution < -0.4 is 4.74 Å². The standard InChI is InChI=1S/C16H20O5/c1-3-19-15(17)14(16(18)20-4-2)11-5-7-12(8-6-11)21-13-9-10-13/h5-8,13-14H,3-4,9-10H2,1-2H3. The van der Waals surface area contributed by atoms with Crippen LogP contribution >= 0.6 is 0 Å². The summed E-state index contributed by atoms with van der Waals surface area (Å²) in [6.45, 7) is 3.84. The van der Waals surface area contributed by atoms with Crippen molar-refractivity contribution in [2.75, 3.05) is 13.2 Å². The second-order valence-corrected chi connectivity index (χ2v) is 4.82. The number of rotatable bonds is 7. The maximum atomic E-state index is 12.0. The Morgan fingerprint density at radius 2 is 1.57 bits per heavy atom. The molecule has 0 aromatic heterocycles. The number of carbonyl (C=O) groups is 2. The molecule has 0 aliphatic heterocycles. The molecule has 0 heterocycles. The minimum absolute atomic E-state index is 0.220. The van der Waals surface area contributed by atoms with Gasteiger partial charge in [0.1, 0.15) is 5.75 Å². The lowest BCUT2D eigenvalue weighted by Crippen LogP contribution is -2.26. The van der Waals surface area contributed by atoms with Crippen LogP contribution in [0.1, 0.15) is 38.2 Å². The van der Waals surface area contributed by atoms with Crippen LogP contribution in [0.5, 0.6) is 5.75 Å². The van der Waals surface area contributed by atoms with Gasteiger partial charge in [-0.05, 0) is 44.4 Å². The van der Waals surface area contributed by atoms with E-state index < -0.39 is 17.9 Å². The van der Waals surface area contributed by atoms with E-state index >= 15 is 0 Å². The van der Waals surface area contributed by atoms with Crippen molar-refractivity contribution < 1.29 is 23.8 Å². The first-order chi connectivity index (χ1) is 10.2. The quantitative estimate of drug-likeness (QED) is 0.570. The van der Waals surface area contributed by atoms with Crippen molar-refractivity contribution >= 4 is 11.9 Å². The molecule has 21 heavy (non-hydrogen) atoms. The van der Waals surface area contributed by atoms with Gasteiger partial charge in [0.2, 0.25) is 0 Å². The number of hydrogen-bond donors (Lipinski definition) is 0. The lowest BCUT2D eigenvalue weighted by molar-refractivity contribution is -0.156. The molecule has 1 saturated carbocycles. The van der Waals surface area contributed by atoms with Gasteiger partial charge >= 0.3 is 11.9 Å². The third kappa shape index (κ3) is 4.21. The molecule has 0 bridgehead atoms. The van der Waals surface area contributed by atoms with Gasteiger partial charge in [-0.25, -0.2) is 0 Å². The predicted octanol–water partition coefficient (Wildman–Crippen LogP) is 2.44. The third-order valence-electron chi connectivity index (χ3n) is 3.09. The SMILES string of the molecule is CCOC(=O)C(C(=O)OCC)c1ccc(OC2CC2)cc1. The monoisotopic (exact) mass is 292 g/mol. The third-order valence-corrected chi connectivity index (χ3v) is 3.09. The van der Waals surface area contributed by atoms with Crippen LogP contribution in [-0.4, -0.2) is 31.3 Å². The summed E-state index contributed by atoms with van der Waals surface area (Å²) in [6, 6.07) is 6.94. The van der Waals surface area contributed by atoms with Crippen LogP contribution in [0.2, 0.25) is 0 Å². The summed E-state index contributed by atoms with van der Waals surface area (Å²) in [6.07, 6.45) is 2.47. The Bertz CT molecular complexity index is 472. The maximum Gasteiger partial charge on any atom is 0.324 e. The maximum absolute atomic E-state index is 12.0. The van der Waals surface area contributed by atoms with Crippen LogP contribution in [0.3, 0.4) is 0 Å². The predicted molar refractivity (Wildman–Crippen MR) is 76.1 cm³/mol. The molecule has 1 fully saturated rings. The van der Waals surface area contributed by atoms with Gasteiger partial charge in [-0.2, -0.15) is 0 Å². The Labute approximate surface area is 124 Å². The zero-order valence-corrected chi connectivity index (χ0v) is 12.3. The Morgan fingerprint density at radius 1 is 1.05 bits per heavy atom. The molecule has 0 saturated heterocycles. The molecule has 5 heteroatoms. The van der Waals surface area contributed by atoms with E-state index in [0.717, 1.165) is 18.6 Å². The second-order valence-electron chi connectivity index (χ2n) is 4.82. The molecule has 0 unspecified atom stereocenters. The first-order valence-electron chi connectivity index (χ1n) is 7.25. The minimum Gasteiger partial charge on any atom is -0.490 e. The molecule has 0 amide bonds. The van der Waals surface area contributed by atoms with Crippen LogP contribution in [0.15, 0.2) is 24.3 Å². The van der Waals surface area contributed by atoms with E-state index in [1.165, 1.54) is 0 Å². The number of esters is 2. The van der Waals surface area contributed by atoms with Gasteiger partial charge < -0.3 is 14.2 Å². The average molecular weight is 292 g/mol. The zero-order chi connectivity index (χ0) is 15.2. The number of benzene rings is 1. The fourth-order valence-corrected chi connectivity index (χ4v) is 1.94. The highest BCUT2D eigenvalue weighted by Gasteiger charge is 2.31. The van der Waals surface area contributed by atoms with Gasteiger partial charge in [0.25, 0.3) is 0 Å². The van der Waals surface area contributed by atoms with Crippen LogP contribution in [0.4, 0.5) is 0 Å². The van der Waals surface area contributed by atoms with E-state index in [1.54, 1.807) is 38.1 Å². The Hall–Kier alpha value is -2.04. The molecule has 2 rings (SSSR count).